The first-order valence-electron chi connectivity index (χ1n) is 3.58. The van der Waals surface area contributed by atoms with E-state index in [9.17, 15) is 4.79 Å². The maximum atomic E-state index is 11.9. The molecule has 91 valence electrons. The van der Waals surface area contributed by atoms with Crippen molar-refractivity contribution in [3.8, 4) is 0 Å². The molecule has 0 heterocycles. The van der Waals surface area contributed by atoms with Gasteiger partial charge in [-0.15, -0.1) is 0 Å². The molecule has 0 aromatic heterocycles. The number of carbonyl (C=O) groups is 1. The molecule has 0 amide bonds. The van der Waals surface area contributed by atoms with Gasteiger partial charge in [0.2, 0.25) is 0 Å². The van der Waals surface area contributed by atoms with Gasteiger partial charge in [0.15, 0.2) is 0 Å². The molecule has 0 unspecified atom stereocenters. The predicted octanol–water partition coefficient (Wildman–Crippen LogP) is 4.81. The van der Waals surface area contributed by atoms with Crippen molar-refractivity contribution in [3.63, 3.8) is 0 Å². The van der Waals surface area contributed by atoms with Gasteiger partial charge in [0.1, 0.15) is 0 Å². The average molecular weight is 383 g/mol. The fraction of sp³-hybridized carbons (Fsp3) is 0. The summed E-state index contributed by atoms with van der Waals surface area (Å²) >= 11 is 17.3. The molecule has 0 saturated heterocycles. The molecule has 2 N–H and O–H groups in total. The van der Waals surface area contributed by atoms with Crippen molar-refractivity contribution in [2.24, 2.45) is 4.72 Å². The molecule has 1 aromatic rings. The Kier molecular flexibility index (Phi) is 4.42. The summed E-state index contributed by atoms with van der Waals surface area (Å²) in [7, 11) is 12.0. The Morgan fingerprint density at radius 2 is 1.44 bits per heavy atom. The minimum atomic E-state index is -4.89. The molecule has 0 saturated carbocycles. The van der Waals surface area contributed by atoms with Crippen molar-refractivity contribution >= 4 is 69.6 Å². The molecule has 1 aromatic carbocycles. The number of nitrogens with two attached hydrogens (primary N) is 1. The van der Waals surface area contributed by atoms with Gasteiger partial charge in [-0.1, -0.05) is 0 Å². The fourth-order valence-corrected chi connectivity index (χ4v) is 3.93. The Morgan fingerprint density at radius 1 is 1.06 bits per heavy atom. The minimum absolute atomic E-state index is 0.00125. The SMILES string of the molecule is [NH2][Cr]([Cl])([Cl])([Cl])[C](=O)c1c(Cl)cc(Cl)cc1Cl. The Hall–Kier alpha value is 1.12. The summed E-state index contributed by atoms with van der Waals surface area (Å²) < 4.78 is 4.53. The Morgan fingerprint density at radius 3 is 1.75 bits per heavy atom. The van der Waals surface area contributed by atoms with Crippen LogP contribution in [0.3, 0.4) is 0 Å². The van der Waals surface area contributed by atoms with Gasteiger partial charge in [-0.25, -0.2) is 0 Å². The summed E-state index contributed by atoms with van der Waals surface area (Å²) in [6, 6.07) is 2.64. The standard InChI is InChI=1S/C7H2Cl3O.3ClH.Cr.H2N/c8-4-1-6(9)5(3-11)7(10)2-4;;;;;/h1-2H;3*1H;;1H2/q;;;;+4;-1/p-3. The van der Waals surface area contributed by atoms with Crippen LogP contribution in [0.4, 0.5) is 0 Å². The molecule has 0 aliphatic rings. The second kappa shape index (κ2) is 4.66. The molecule has 0 fully saturated rings. The molecular formula is C7H4Cl6CrNO. The van der Waals surface area contributed by atoms with Crippen molar-refractivity contribution in [1.82, 2.24) is 0 Å². The molecule has 0 radical (unpaired) electrons. The van der Waals surface area contributed by atoms with Crippen LogP contribution in [0.25, 0.3) is 0 Å². The van der Waals surface area contributed by atoms with E-state index in [2.05, 4.69) is 0 Å². The van der Waals surface area contributed by atoms with Crippen molar-refractivity contribution in [2.45, 2.75) is 0 Å². The van der Waals surface area contributed by atoms with Gasteiger partial charge >= 0.3 is 121 Å². The van der Waals surface area contributed by atoms with Crippen LogP contribution < -0.4 is 4.72 Å². The number of hydrogen-bond donors (Lipinski definition) is 1. The normalized spacial score (nSPS) is 14.3. The zero-order valence-corrected chi connectivity index (χ0v) is 13.1. The van der Waals surface area contributed by atoms with Crippen LogP contribution in [0.15, 0.2) is 12.1 Å². The van der Waals surface area contributed by atoms with Crippen LogP contribution in [0, 0.1) is 0 Å². The molecule has 0 aliphatic heterocycles. The predicted molar refractivity (Wildman–Crippen MR) is 67.5 cm³/mol. The summed E-state index contributed by atoms with van der Waals surface area (Å²) in [6.45, 7) is 0. The second-order valence-electron chi connectivity index (χ2n) is 2.82. The Balaban J connectivity index is 3.42. The van der Waals surface area contributed by atoms with Crippen molar-refractivity contribution in [2.75, 3.05) is 0 Å². The molecule has 1 rings (SSSR count). The monoisotopic (exact) mass is 380 g/mol. The van der Waals surface area contributed by atoms with Gasteiger partial charge in [-0.05, 0) is 0 Å². The first-order chi connectivity index (χ1) is 6.99. The molecule has 0 atom stereocenters. The van der Waals surface area contributed by atoms with E-state index in [0.717, 1.165) is 0 Å². The van der Waals surface area contributed by atoms with Crippen LogP contribution in [-0.2, 0) is 9.46 Å². The number of benzene rings is 1. The number of halogens is 6. The first kappa shape index (κ1) is 15.2. The van der Waals surface area contributed by atoms with E-state index in [-0.39, 0.29) is 20.6 Å². The molecule has 0 spiro atoms. The summed E-state index contributed by atoms with van der Waals surface area (Å²) in [5, 5.41) is 0.268. The van der Waals surface area contributed by atoms with Gasteiger partial charge in [0.25, 0.3) is 0 Å². The molecule has 0 bridgehead atoms. The van der Waals surface area contributed by atoms with E-state index in [1.54, 1.807) is 0 Å². The van der Waals surface area contributed by atoms with Gasteiger partial charge in [0.05, 0.1) is 0 Å². The van der Waals surface area contributed by atoms with Crippen molar-refractivity contribution in [1.29, 1.82) is 0 Å². The van der Waals surface area contributed by atoms with Crippen molar-refractivity contribution in [3.05, 3.63) is 32.8 Å². The zero-order valence-electron chi connectivity index (χ0n) is 7.32. The van der Waals surface area contributed by atoms with Crippen LogP contribution in [0.2, 0.25) is 15.1 Å². The Labute approximate surface area is 120 Å². The van der Waals surface area contributed by atoms with Crippen LogP contribution in [0.1, 0.15) is 10.4 Å². The third-order valence-electron chi connectivity index (χ3n) is 1.53. The molecule has 16 heavy (non-hydrogen) atoms. The van der Waals surface area contributed by atoms with Crippen molar-refractivity contribution < 1.29 is 14.3 Å². The zero-order chi connectivity index (χ0) is 12.7. The third-order valence-corrected chi connectivity index (χ3v) is 5.39. The number of rotatable bonds is 2. The average Bonchev–Trinajstić information content (AvgIpc) is 1.98. The van der Waals surface area contributed by atoms with Gasteiger partial charge in [0, 0.05) is 0 Å². The third kappa shape index (κ3) is 3.56. The quantitative estimate of drug-likeness (QED) is 0.797. The van der Waals surface area contributed by atoms with Crippen LogP contribution >= 0.6 is 65.0 Å². The summed E-state index contributed by atoms with van der Waals surface area (Å²) in [5.74, 6) is 0. The number of carbonyl (C=O) groups excluding carboxylic acids is 1. The summed E-state index contributed by atoms with van der Waals surface area (Å²) in [6.07, 6.45) is 0. The Bertz CT molecular complexity index is 435. The van der Waals surface area contributed by atoms with Crippen LogP contribution in [-0.4, -0.2) is 4.65 Å². The molecule has 9 heteroatoms. The summed E-state index contributed by atoms with van der Waals surface area (Å²) in [4.78, 5) is 11.9. The van der Waals surface area contributed by atoms with E-state index >= 15 is 0 Å². The van der Waals surface area contributed by atoms with Gasteiger partial charge < -0.3 is 0 Å². The van der Waals surface area contributed by atoms with Crippen LogP contribution in [0.5, 0.6) is 0 Å². The molecular weight excluding hydrogens is 379 g/mol. The van der Waals surface area contributed by atoms with E-state index in [0.29, 0.717) is 0 Å². The van der Waals surface area contributed by atoms with Gasteiger partial charge in [-0.3, -0.25) is 0 Å². The molecule has 0 aliphatic carbocycles. The maximum absolute atomic E-state index is 11.9. The topological polar surface area (TPSA) is 43.1 Å². The van der Waals surface area contributed by atoms with E-state index in [1.165, 1.54) is 12.1 Å². The fourth-order valence-electron chi connectivity index (χ4n) is 0.912. The van der Waals surface area contributed by atoms with E-state index in [4.69, 9.17) is 69.7 Å². The second-order valence-corrected chi connectivity index (χ2v) is 17.0. The van der Waals surface area contributed by atoms with Gasteiger partial charge in [-0.2, -0.15) is 0 Å². The summed E-state index contributed by atoms with van der Waals surface area (Å²) in [5.41, 5.74) is -0.116. The van der Waals surface area contributed by atoms with E-state index < -0.39 is 14.1 Å². The van der Waals surface area contributed by atoms with E-state index in [1.807, 2.05) is 0 Å². The first-order valence-corrected chi connectivity index (χ1v) is 11.3. The number of hydrogen-bond acceptors (Lipinski definition) is 2. The molecule has 2 nitrogen and oxygen atoms in total.